The van der Waals surface area contributed by atoms with Crippen LogP contribution in [0.3, 0.4) is 0 Å². The van der Waals surface area contributed by atoms with Gasteiger partial charge in [0.15, 0.2) is 0 Å². The topological polar surface area (TPSA) is 156 Å². The van der Waals surface area contributed by atoms with Gasteiger partial charge in [-0.05, 0) is 25.8 Å². The van der Waals surface area contributed by atoms with E-state index < -0.39 is 36.4 Å². The molecule has 0 spiro atoms. The summed E-state index contributed by atoms with van der Waals surface area (Å²) in [5, 5.41) is 19.6. The summed E-state index contributed by atoms with van der Waals surface area (Å²) in [5.74, 6) is -3.17. The number of rotatable bonds is 9. The Morgan fingerprint density at radius 1 is 1.17 bits per heavy atom. The molecule has 1 amide bonds. The Kier molecular flexibility index (Phi) is 7.64. The van der Waals surface area contributed by atoms with Gasteiger partial charge in [0.05, 0.1) is 12.5 Å². The third-order valence-electron chi connectivity index (χ3n) is 2.29. The number of carbonyl (C=O) groups excluding carboxylic acids is 1. The number of carbonyl (C=O) groups is 3. The fraction of sp³-hybridized carbons (Fsp3) is 0.700. The van der Waals surface area contributed by atoms with Gasteiger partial charge in [0.1, 0.15) is 6.04 Å². The second kappa shape index (κ2) is 8.43. The fourth-order valence-electron chi connectivity index (χ4n) is 1.31. The highest BCUT2D eigenvalue weighted by molar-refractivity contribution is 5.89. The SMILES string of the molecule is NCCCCC(NC(=O)C(N)CC(=O)O)C(=O)O. The average Bonchev–Trinajstić information content (AvgIpc) is 2.26. The van der Waals surface area contributed by atoms with Gasteiger partial charge in [0, 0.05) is 0 Å². The molecule has 2 atom stereocenters. The maximum absolute atomic E-state index is 11.4. The van der Waals surface area contributed by atoms with E-state index in [4.69, 9.17) is 21.7 Å². The standard InChI is InChI=1S/C10H19N3O5/c11-4-2-1-3-7(10(17)18)13-9(16)6(12)5-8(14)15/h6-7H,1-5,11-12H2,(H,13,16)(H,14,15)(H,17,18). The highest BCUT2D eigenvalue weighted by atomic mass is 16.4. The Hall–Kier alpha value is -1.67. The van der Waals surface area contributed by atoms with Crippen molar-refractivity contribution in [2.75, 3.05) is 6.54 Å². The van der Waals surface area contributed by atoms with Crippen molar-refractivity contribution >= 4 is 17.8 Å². The van der Waals surface area contributed by atoms with E-state index in [0.717, 1.165) is 0 Å². The first-order valence-corrected chi connectivity index (χ1v) is 5.59. The summed E-state index contributed by atoms with van der Waals surface area (Å²) in [6.07, 6.45) is 0.905. The van der Waals surface area contributed by atoms with Crippen LogP contribution >= 0.6 is 0 Å². The van der Waals surface area contributed by atoms with Crippen LogP contribution in [0, 0.1) is 0 Å². The molecule has 0 aromatic heterocycles. The smallest absolute Gasteiger partial charge is 0.326 e. The van der Waals surface area contributed by atoms with Crippen LogP contribution < -0.4 is 16.8 Å². The van der Waals surface area contributed by atoms with Crippen LogP contribution in [0.25, 0.3) is 0 Å². The molecule has 8 nitrogen and oxygen atoms in total. The van der Waals surface area contributed by atoms with Crippen molar-refractivity contribution in [2.24, 2.45) is 11.5 Å². The van der Waals surface area contributed by atoms with Crippen LogP contribution in [0.2, 0.25) is 0 Å². The minimum absolute atomic E-state index is 0.234. The average molecular weight is 261 g/mol. The van der Waals surface area contributed by atoms with E-state index in [1.54, 1.807) is 0 Å². The molecule has 0 fully saturated rings. The van der Waals surface area contributed by atoms with Gasteiger partial charge in [0.2, 0.25) is 5.91 Å². The molecular formula is C10H19N3O5. The lowest BCUT2D eigenvalue weighted by Gasteiger charge is -2.16. The van der Waals surface area contributed by atoms with Gasteiger partial charge in [0.25, 0.3) is 0 Å². The van der Waals surface area contributed by atoms with Gasteiger partial charge < -0.3 is 27.0 Å². The van der Waals surface area contributed by atoms with E-state index in [2.05, 4.69) is 5.32 Å². The van der Waals surface area contributed by atoms with Crippen LogP contribution in [0.15, 0.2) is 0 Å². The van der Waals surface area contributed by atoms with E-state index in [9.17, 15) is 14.4 Å². The molecule has 8 heteroatoms. The van der Waals surface area contributed by atoms with E-state index in [0.29, 0.717) is 19.4 Å². The van der Waals surface area contributed by atoms with Gasteiger partial charge in [-0.3, -0.25) is 9.59 Å². The Labute approximate surface area is 104 Å². The summed E-state index contributed by atoms with van der Waals surface area (Å²) in [6, 6.07) is -2.32. The van der Waals surface area contributed by atoms with Crippen LogP contribution in [0.4, 0.5) is 0 Å². The lowest BCUT2D eigenvalue weighted by Crippen LogP contribution is -2.49. The van der Waals surface area contributed by atoms with Crippen LogP contribution in [-0.2, 0) is 14.4 Å². The number of nitrogens with one attached hydrogen (secondary N) is 1. The number of aliphatic carboxylic acids is 2. The maximum Gasteiger partial charge on any atom is 0.326 e. The Morgan fingerprint density at radius 3 is 2.22 bits per heavy atom. The molecule has 0 aromatic rings. The number of hydrogen-bond donors (Lipinski definition) is 5. The number of carboxylic acid groups (broad SMARTS) is 2. The molecule has 0 aliphatic rings. The van der Waals surface area contributed by atoms with Crippen molar-refractivity contribution in [3.63, 3.8) is 0 Å². The molecule has 0 rings (SSSR count). The lowest BCUT2D eigenvalue weighted by molar-refractivity contribution is -0.142. The summed E-state index contributed by atoms with van der Waals surface area (Å²) in [5.41, 5.74) is 10.6. The van der Waals surface area contributed by atoms with Crippen molar-refractivity contribution in [3.8, 4) is 0 Å². The predicted molar refractivity (Wildman–Crippen MR) is 62.7 cm³/mol. The number of nitrogens with two attached hydrogens (primary N) is 2. The highest BCUT2D eigenvalue weighted by Gasteiger charge is 2.24. The van der Waals surface area contributed by atoms with Crippen molar-refractivity contribution in [2.45, 2.75) is 37.8 Å². The summed E-state index contributed by atoms with van der Waals surface area (Å²) in [7, 11) is 0. The van der Waals surface area contributed by atoms with Crippen LogP contribution in [0.5, 0.6) is 0 Å². The van der Waals surface area contributed by atoms with Crippen LogP contribution in [0.1, 0.15) is 25.7 Å². The fourth-order valence-corrected chi connectivity index (χ4v) is 1.31. The van der Waals surface area contributed by atoms with E-state index in [1.807, 2.05) is 0 Å². The number of amides is 1. The minimum Gasteiger partial charge on any atom is -0.481 e. The Morgan fingerprint density at radius 2 is 1.78 bits per heavy atom. The van der Waals surface area contributed by atoms with Gasteiger partial charge in [-0.2, -0.15) is 0 Å². The first-order valence-electron chi connectivity index (χ1n) is 5.59. The largest absolute Gasteiger partial charge is 0.481 e. The molecule has 0 aliphatic heterocycles. The third-order valence-corrected chi connectivity index (χ3v) is 2.29. The molecule has 0 heterocycles. The molecule has 0 saturated heterocycles. The predicted octanol–water partition coefficient (Wildman–Crippen LogP) is -1.51. The molecule has 0 aromatic carbocycles. The molecule has 104 valence electrons. The Balaban J connectivity index is 4.26. The molecule has 18 heavy (non-hydrogen) atoms. The zero-order valence-corrected chi connectivity index (χ0v) is 9.96. The summed E-state index contributed by atoms with van der Waals surface area (Å²) >= 11 is 0. The van der Waals surface area contributed by atoms with Crippen LogP contribution in [-0.4, -0.2) is 46.7 Å². The summed E-state index contributed by atoms with van der Waals surface area (Å²) in [4.78, 5) is 32.7. The Bertz CT molecular complexity index is 308. The number of carboxylic acids is 2. The van der Waals surface area contributed by atoms with E-state index >= 15 is 0 Å². The molecule has 2 unspecified atom stereocenters. The van der Waals surface area contributed by atoms with Gasteiger partial charge >= 0.3 is 11.9 Å². The number of hydrogen-bond acceptors (Lipinski definition) is 5. The van der Waals surface area contributed by atoms with E-state index in [1.165, 1.54) is 0 Å². The van der Waals surface area contributed by atoms with Gasteiger partial charge in [-0.1, -0.05) is 0 Å². The molecule has 0 aliphatic carbocycles. The highest BCUT2D eigenvalue weighted by Crippen LogP contribution is 2.01. The van der Waals surface area contributed by atoms with Crippen molar-refractivity contribution in [3.05, 3.63) is 0 Å². The maximum atomic E-state index is 11.4. The first-order chi connectivity index (χ1) is 8.38. The zero-order chi connectivity index (χ0) is 14.1. The molecule has 7 N–H and O–H groups in total. The first kappa shape index (κ1) is 16.3. The summed E-state index contributed by atoms with van der Waals surface area (Å²) < 4.78 is 0. The summed E-state index contributed by atoms with van der Waals surface area (Å²) in [6.45, 7) is 0.443. The van der Waals surface area contributed by atoms with Crippen molar-refractivity contribution < 1.29 is 24.6 Å². The molecule has 0 bridgehead atoms. The van der Waals surface area contributed by atoms with Crippen molar-refractivity contribution in [1.29, 1.82) is 0 Å². The normalized spacial score (nSPS) is 13.7. The quantitative estimate of drug-likeness (QED) is 0.316. The molecular weight excluding hydrogens is 242 g/mol. The van der Waals surface area contributed by atoms with E-state index in [-0.39, 0.29) is 6.42 Å². The zero-order valence-electron chi connectivity index (χ0n) is 9.96. The third kappa shape index (κ3) is 6.81. The minimum atomic E-state index is -1.25. The second-order valence-electron chi connectivity index (χ2n) is 3.89. The molecule has 0 radical (unpaired) electrons. The second-order valence-corrected chi connectivity index (χ2v) is 3.89. The monoisotopic (exact) mass is 261 g/mol. The van der Waals surface area contributed by atoms with Gasteiger partial charge in [-0.15, -0.1) is 0 Å². The van der Waals surface area contributed by atoms with Gasteiger partial charge in [-0.25, -0.2) is 4.79 Å². The molecule has 0 saturated carbocycles. The number of unbranched alkanes of at least 4 members (excludes halogenated alkanes) is 1. The lowest BCUT2D eigenvalue weighted by atomic mass is 10.1. The van der Waals surface area contributed by atoms with Crippen molar-refractivity contribution in [1.82, 2.24) is 5.32 Å².